The van der Waals surface area contributed by atoms with E-state index in [9.17, 15) is 0 Å². The molecule has 1 nitrogen and oxygen atoms in total. The number of hydrogen-bond donors (Lipinski definition) is 1. The van der Waals surface area contributed by atoms with Crippen LogP contribution in [-0.4, -0.2) is 9.10 Å². The van der Waals surface area contributed by atoms with Crippen molar-refractivity contribution in [2.24, 2.45) is 0 Å². The predicted molar refractivity (Wildman–Crippen MR) is 16.3 cm³/mol. The van der Waals surface area contributed by atoms with Gasteiger partial charge in [-0.15, -0.1) is 0 Å². The van der Waals surface area contributed by atoms with Crippen molar-refractivity contribution in [1.82, 2.24) is 0 Å². The first kappa shape index (κ1) is 5.65. The van der Waals surface area contributed by atoms with Gasteiger partial charge in [-0.05, 0) is 0 Å². The van der Waals surface area contributed by atoms with Gasteiger partial charge in [-0.1, -0.05) is 0 Å². The average Bonchev–Trinajstić information content (AvgIpc) is 0.722. The van der Waals surface area contributed by atoms with Gasteiger partial charge in [-0.2, -0.15) is 0 Å². The second kappa shape index (κ2) is 1.40. The Morgan fingerprint density at radius 2 is 1.60 bits per heavy atom. The molecular weight excluding hydrogens is 247 g/mol. The fourth-order valence-corrected chi connectivity index (χ4v) is 0. The Morgan fingerprint density at radius 3 is 1.60 bits per heavy atom. The zero-order valence-electron chi connectivity index (χ0n) is 3.26. The van der Waals surface area contributed by atoms with E-state index in [1.807, 2.05) is 19.8 Å². The van der Waals surface area contributed by atoms with Crippen LogP contribution in [0.1, 0.15) is 13.8 Å². The number of rotatable bonds is 0. The summed E-state index contributed by atoms with van der Waals surface area (Å²) in [6.45, 7) is 3.46. The molecular formula is C3H7OPt. The van der Waals surface area contributed by atoms with Gasteiger partial charge >= 0.3 is 42.8 Å². The van der Waals surface area contributed by atoms with Crippen LogP contribution in [0.3, 0.4) is 0 Å². The zero-order chi connectivity index (χ0) is 4.50. The van der Waals surface area contributed by atoms with Crippen LogP contribution in [-0.2, 0) is 19.8 Å². The van der Waals surface area contributed by atoms with E-state index < -0.39 is 3.99 Å². The van der Waals surface area contributed by atoms with Gasteiger partial charge in [0, 0.05) is 0 Å². The minimum atomic E-state index is -0.528. The summed E-state index contributed by atoms with van der Waals surface area (Å²) in [4.78, 5) is 0. The van der Waals surface area contributed by atoms with E-state index in [4.69, 9.17) is 5.11 Å². The monoisotopic (exact) mass is 254 g/mol. The topological polar surface area (TPSA) is 20.2 Å². The van der Waals surface area contributed by atoms with Gasteiger partial charge in [0.05, 0.1) is 0 Å². The average molecular weight is 254 g/mol. The van der Waals surface area contributed by atoms with E-state index in [0.29, 0.717) is 0 Å². The van der Waals surface area contributed by atoms with Crippen molar-refractivity contribution in [3.05, 3.63) is 0 Å². The van der Waals surface area contributed by atoms with Gasteiger partial charge < -0.3 is 0 Å². The van der Waals surface area contributed by atoms with E-state index in [0.717, 1.165) is 0 Å². The Bertz CT molecular complexity index is 22.4. The molecule has 0 aliphatic carbocycles. The van der Waals surface area contributed by atoms with Gasteiger partial charge in [0.1, 0.15) is 0 Å². The van der Waals surface area contributed by atoms with E-state index in [1.165, 1.54) is 0 Å². The molecule has 0 amide bonds. The van der Waals surface area contributed by atoms with Crippen molar-refractivity contribution in [1.29, 1.82) is 0 Å². The van der Waals surface area contributed by atoms with Gasteiger partial charge in [-0.25, -0.2) is 0 Å². The molecule has 1 N–H and O–H groups in total. The van der Waals surface area contributed by atoms with E-state index in [1.54, 1.807) is 13.8 Å². The molecule has 2 heteroatoms. The van der Waals surface area contributed by atoms with E-state index in [-0.39, 0.29) is 0 Å². The van der Waals surface area contributed by atoms with Gasteiger partial charge in [0.25, 0.3) is 0 Å². The minimum absolute atomic E-state index is 0.528. The third kappa shape index (κ3) is 77.6. The molecule has 0 heterocycles. The van der Waals surface area contributed by atoms with Crippen LogP contribution < -0.4 is 0 Å². The second-order valence-electron chi connectivity index (χ2n) is 1.33. The quantitative estimate of drug-likeness (QED) is 0.657. The summed E-state index contributed by atoms with van der Waals surface area (Å²) in [7, 11) is 0. The maximum absolute atomic E-state index is 8.51. The molecule has 0 bridgehead atoms. The Balaban J connectivity index is 3.02. The third-order valence-electron chi connectivity index (χ3n) is 0. The summed E-state index contributed by atoms with van der Waals surface area (Å²) < 4.78 is -0.528. The van der Waals surface area contributed by atoms with Crippen LogP contribution >= 0.6 is 0 Å². The van der Waals surface area contributed by atoms with Crippen LogP contribution in [0.15, 0.2) is 0 Å². The molecule has 0 saturated carbocycles. The molecule has 0 unspecified atom stereocenters. The first-order valence-electron chi connectivity index (χ1n) is 1.38. The van der Waals surface area contributed by atoms with Crippen molar-refractivity contribution < 1.29 is 24.9 Å². The molecule has 0 fully saturated rings. The number of hydrogen-bond acceptors (Lipinski definition) is 1. The SMILES string of the molecule is C[C](C)(O)[Pt]. The molecule has 0 rings (SSSR count). The molecule has 0 radical (unpaired) electrons. The third-order valence-corrected chi connectivity index (χ3v) is 0. The Labute approximate surface area is 43.3 Å². The Kier molecular flexibility index (Phi) is 1.58. The molecule has 0 spiro atoms. The second-order valence-corrected chi connectivity index (χ2v) is 4.11. The van der Waals surface area contributed by atoms with E-state index >= 15 is 0 Å². The predicted octanol–water partition coefficient (Wildman–Crippen LogP) is 0.262. The molecule has 0 atom stereocenters. The van der Waals surface area contributed by atoms with Crippen LogP contribution in [0.2, 0.25) is 0 Å². The Hall–Kier alpha value is 0.648. The fraction of sp³-hybridized carbons (Fsp3) is 1.00. The van der Waals surface area contributed by atoms with Crippen LogP contribution in [0, 0.1) is 0 Å². The molecule has 35 valence electrons. The summed E-state index contributed by atoms with van der Waals surface area (Å²) in [5.74, 6) is 0. The Morgan fingerprint density at radius 1 is 1.60 bits per heavy atom. The molecule has 5 heavy (non-hydrogen) atoms. The summed E-state index contributed by atoms with van der Waals surface area (Å²) in [6.07, 6.45) is 0. The molecule has 0 aliphatic rings. The van der Waals surface area contributed by atoms with Crippen LogP contribution in [0.25, 0.3) is 0 Å². The molecule has 0 aliphatic heterocycles. The first-order valence-corrected chi connectivity index (χ1v) is 2.52. The standard InChI is InChI=1S/C3H7O.Pt/c1-3(2)4;/h4H,1-2H3;. The number of aliphatic hydroxyl groups is 1. The van der Waals surface area contributed by atoms with Crippen molar-refractivity contribution in [3.63, 3.8) is 0 Å². The zero-order valence-corrected chi connectivity index (χ0v) is 5.54. The fourth-order valence-electron chi connectivity index (χ4n) is 0. The van der Waals surface area contributed by atoms with E-state index in [2.05, 4.69) is 0 Å². The van der Waals surface area contributed by atoms with Crippen LogP contribution in [0.5, 0.6) is 0 Å². The normalized spacial score (nSPS) is 12.2. The molecule has 0 aromatic carbocycles. The van der Waals surface area contributed by atoms with Crippen molar-refractivity contribution in [2.45, 2.75) is 17.8 Å². The first-order chi connectivity index (χ1) is 2.00. The van der Waals surface area contributed by atoms with Crippen LogP contribution in [0.4, 0.5) is 0 Å². The summed E-state index contributed by atoms with van der Waals surface area (Å²) in [5.41, 5.74) is 0. The summed E-state index contributed by atoms with van der Waals surface area (Å²) in [5, 5.41) is 8.51. The summed E-state index contributed by atoms with van der Waals surface area (Å²) in [6, 6.07) is 0. The molecule has 0 aromatic rings. The van der Waals surface area contributed by atoms with Gasteiger partial charge in [0.15, 0.2) is 0 Å². The van der Waals surface area contributed by atoms with Crippen molar-refractivity contribution in [3.8, 4) is 0 Å². The summed E-state index contributed by atoms with van der Waals surface area (Å²) >= 11 is 1.92. The van der Waals surface area contributed by atoms with Crippen molar-refractivity contribution in [2.75, 3.05) is 0 Å². The van der Waals surface area contributed by atoms with Crippen molar-refractivity contribution >= 4 is 0 Å². The van der Waals surface area contributed by atoms with Gasteiger partial charge in [-0.3, -0.25) is 0 Å². The molecule has 0 saturated heterocycles. The van der Waals surface area contributed by atoms with Gasteiger partial charge in [0.2, 0.25) is 0 Å². The molecule has 0 aromatic heterocycles. The maximum atomic E-state index is 8.51.